The maximum absolute atomic E-state index is 12.6. The highest BCUT2D eigenvalue weighted by Crippen LogP contribution is 2.38. The first-order chi connectivity index (χ1) is 12.0. The predicted octanol–water partition coefficient (Wildman–Crippen LogP) is 2.13. The Bertz CT molecular complexity index is 658. The van der Waals surface area contributed by atoms with Crippen molar-refractivity contribution in [1.29, 1.82) is 0 Å². The van der Waals surface area contributed by atoms with Crippen molar-refractivity contribution < 1.29 is 22.8 Å². The minimum atomic E-state index is -4.26. The Balaban J connectivity index is 2.10. The predicted molar refractivity (Wildman–Crippen MR) is 91.5 cm³/mol. The molecule has 0 aliphatic carbocycles. The van der Waals surface area contributed by atoms with Crippen LogP contribution in [0.5, 0.6) is 0 Å². The largest absolute Gasteiger partial charge is 0.390 e. The Morgan fingerprint density at radius 2 is 1.88 bits per heavy atom. The number of nitrogens with two attached hydrogens (primary N) is 1. The van der Waals surface area contributed by atoms with E-state index in [4.69, 9.17) is 17.3 Å². The number of nitrogens with one attached hydrogen (secondary N) is 1. The fourth-order valence-corrected chi connectivity index (χ4v) is 3.32. The van der Waals surface area contributed by atoms with Crippen molar-refractivity contribution in [3.63, 3.8) is 0 Å². The van der Waals surface area contributed by atoms with Gasteiger partial charge in [-0.3, -0.25) is 14.5 Å². The second-order valence-electron chi connectivity index (χ2n) is 6.81. The van der Waals surface area contributed by atoms with E-state index in [9.17, 15) is 22.8 Å². The molecule has 1 heterocycles. The lowest BCUT2D eigenvalue weighted by Crippen LogP contribution is -2.66. The molecule has 1 aromatic rings. The highest BCUT2D eigenvalue weighted by Gasteiger charge is 2.51. The summed E-state index contributed by atoms with van der Waals surface area (Å²) in [4.78, 5) is 25.1. The molecule has 1 aliphatic heterocycles. The summed E-state index contributed by atoms with van der Waals surface area (Å²) in [6, 6.07) is 6.20. The van der Waals surface area contributed by atoms with Crippen LogP contribution in [-0.4, -0.2) is 48.6 Å². The second kappa shape index (κ2) is 7.84. The Hall–Kier alpha value is -1.80. The van der Waals surface area contributed by atoms with Crippen LogP contribution >= 0.6 is 11.6 Å². The van der Waals surface area contributed by atoms with Gasteiger partial charge in [-0.05, 0) is 31.0 Å². The summed E-state index contributed by atoms with van der Waals surface area (Å²) in [7, 11) is 0. The molecule has 0 saturated carbocycles. The first kappa shape index (κ1) is 20.5. The van der Waals surface area contributed by atoms with Crippen LogP contribution in [0.2, 0.25) is 5.02 Å². The minimum absolute atomic E-state index is 0.178. The number of rotatable bonds is 7. The Morgan fingerprint density at radius 1 is 1.31 bits per heavy atom. The molecule has 5 nitrogen and oxygen atoms in total. The molecule has 144 valence electrons. The van der Waals surface area contributed by atoms with Crippen LogP contribution in [0, 0.1) is 5.41 Å². The maximum Gasteiger partial charge on any atom is 0.390 e. The van der Waals surface area contributed by atoms with Crippen LogP contribution in [0.15, 0.2) is 24.3 Å². The molecular formula is C17H21ClF3N3O2. The summed E-state index contributed by atoms with van der Waals surface area (Å²) in [6.07, 6.45) is -4.86. The van der Waals surface area contributed by atoms with Gasteiger partial charge >= 0.3 is 6.18 Å². The average Bonchev–Trinajstić information content (AvgIpc) is 2.48. The average molecular weight is 392 g/mol. The molecule has 0 aromatic heterocycles. The lowest BCUT2D eigenvalue weighted by Gasteiger charge is -2.51. The molecule has 2 amide bonds. The summed E-state index contributed by atoms with van der Waals surface area (Å²) >= 11 is 5.86. The zero-order valence-corrected chi connectivity index (χ0v) is 15.0. The van der Waals surface area contributed by atoms with Crippen molar-refractivity contribution in [3.05, 3.63) is 34.9 Å². The number of halogens is 4. The number of nitrogens with zero attached hydrogens (tertiary/aromatic N) is 1. The van der Waals surface area contributed by atoms with E-state index in [1.165, 1.54) is 6.92 Å². The highest BCUT2D eigenvalue weighted by atomic mass is 35.5. The number of amides is 2. The van der Waals surface area contributed by atoms with Gasteiger partial charge in [0.1, 0.15) is 0 Å². The lowest BCUT2D eigenvalue weighted by molar-refractivity contribution is -0.163. The molecule has 26 heavy (non-hydrogen) atoms. The van der Waals surface area contributed by atoms with E-state index >= 15 is 0 Å². The minimum Gasteiger partial charge on any atom is -0.368 e. The summed E-state index contributed by atoms with van der Waals surface area (Å²) < 4.78 is 37.8. The molecule has 1 unspecified atom stereocenters. The molecule has 3 N–H and O–H groups in total. The molecule has 1 saturated heterocycles. The van der Waals surface area contributed by atoms with E-state index in [1.54, 1.807) is 29.2 Å². The zero-order chi connectivity index (χ0) is 19.5. The van der Waals surface area contributed by atoms with Crippen LogP contribution in [0.4, 0.5) is 13.2 Å². The fraction of sp³-hybridized carbons (Fsp3) is 0.529. The summed E-state index contributed by atoms with van der Waals surface area (Å²) in [6.45, 7) is 1.54. The van der Waals surface area contributed by atoms with Gasteiger partial charge in [0, 0.05) is 24.2 Å². The van der Waals surface area contributed by atoms with E-state index in [1.807, 2.05) is 0 Å². The van der Waals surface area contributed by atoms with Gasteiger partial charge in [-0.15, -0.1) is 0 Å². The third-order valence-corrected chi connectivity index (χ3v) is 4.77. The van der Waals surface area contributed by atoms with Crippen molar-refractivity contribution in [2.24, 2.45) is 11.1 Å². The molecule has 1 aromatic carbocycles. The van der Waals surface area contributed by atoms with Crippen LogP contribution in [0.25, 0.3) is 0 Å². The standard InChI is InChI=1S/C17H21ClF3N3O2/c1-11(6-17(19,20)21)24-9-16(10-24,15(26)23-8-14(22)25)7-12-2-4-13(18)5-3-12/h2-5,11H,6-10H2,1H3,(H2,22,25)(H,23,26). The van der Waals surface area contributed by atoms with Gasteiger partial charge in [0.15, 0.2) is 0 Å². The third-order valence-electron chi connectivity index (χ3n) is 4.52. The summed E-state index contributed by atoms with van der Waals surface area (Å²) in [5, 5.41) is 3.03. The fourth-order valence-electron chi connectivity index (χ4n) is 3.19. The van der Waals surface area contributed by atoms with Crippen LogP contribution in [-0.2, 0) is 16.0 Å². The van der Waals surface area contributed by atoms with Crippen molar-refractivity contribution in [2.75, 3.05) is 19.6 Å². The quantitative estimate of drug-likeness (QED) is 0.747. The monoisotopic (exact) mass is 391 g/mol. The lowest BCUT2D eigenvalue weighted by atomic mass is 9.73. The number of benzene rings is 1. The molecule has 1 atom stereocenters. The molecule has 0 spiro atoms. The highest BCUT2D eigenvalue weighted by molar-refractivity contribution is 6.30. The number of alkyl halides is 3. The van der Waals surface area contributed by atoms with Gasteiger partial charge in [-0.1, -0.05) is 23.7 Å². The number of primary amides is 1. The summed E-state index contributed by atoms with van der Waals surface area (Å²) in [5.74, 6) is -1.07. The molecule has 0 radical (unpaired) electrons. The zero-order valence-electron chi connectivity index (χ0n) is 14.3. The summed E-state index contributed by atoms with van der Waals surface area (Å²) in [5.41, 5.74) is 4.99. The Labute approximate surface area is 154 Å². The van der Waals surface area contributed by atoms with E-state index in [-0.39, 0.29) is 25.5 Å². The molecule has 9 heteroatoms. The molecule has 0 bridgehead atoms. The number of hydrogen-bond acceptors (Lipinski definition) is 3. The first-order valence-corrected chi connectivity index (χ1v) is 8.50. The van der Waals surface area contributed by atoms with E-state index in [0.717, 1.165) is 5.56 Å². The topological polar surface area (TPSA) is 75.4 Å². The number of hydrogen-bond donors (Lipinski definition) is 2. The van der Waals surface area contributed by atoms with Gasteiger partial charge in [-0.25, -0.2) is 0 Å². The van der Waals surface area contributed by atoms with E-state index in [0.29, 0.717) is 11.4 Å². The molecule has 2 rings (SSSR count). The smallest absolute Gasteiger partial charge is 0.368 e. The maximum atomic E-state index is 12.6. The molecular weight excluding hydrogens is 371 g/mol. The Kier molecular flexibility index (Phi) is 6.18. The van der Waals surface area contributed by atoms with Gasteiger partial charge < -0.3 is 11.1 Å². The van der Waals surface area contributed by atoms with Crippen molar-refractivity contribution in [1.82, 2.24) is 10.2 Å². The van der Waals surface area contributed by atoms with E-state index in [2.05, 4.69) is 5.32 Å². The third kappa shape index (κ3) is 5.35. The van der Waals surface area contributed by atoms with Crippen LogP contribution < -0.4 is 11.1 Å². The number of likely N-dealkylation sites (tertiary alicyclic amines) is 1. The van der Waals surface area contributed by atoms with Gasteiger partial charge in [0.2, 0.25) is 11.8 Å². The van der Waals surface area contributed by atoms with Gasteiger partial charge in [0.05, 0.1) is 18.4 Å². The van der Waals surface area contributed by atoms with Crippen molar-refractivity contribution in [3.8, 4) is 0 Å². The molecule has 1 fully saturated rings. The number of carbonyl (C=O) groups excluding carboxylic acids is 2. The van der Waals surface area contributed by atoms with Gasteiger partial charge in [-0.2, -0.15) is 13.2 Å². The van der Waals surface area contributed by atoms with E-state index < -0.39 is 30.0 Å². The first-order valence-electron chi connectivity index (χ1n) is 8.13. The van der Waals surface area contributed by atoms with Crippen molar-refractivity contribution >= 4 is 23.4 Å². The second-order valence-corrected chi connectivity index (χ2v) is 7.24. The Morgan fingerprint density at radius 3 is 2.38 bits per heavy atom. The SMILES string of the molecule is CC(CC(F)(F)F)N1CC(Cc2ccc(Cl)cc2)(C(=O)NCC(N)=O)C1. The van der Waals surface area contributed by atoms with Crippen molar-refractivity contribution in [2.45, 2.75) is 32.0 Å². The number of carbonyl (C=O) groups is 2. The van der Waals surface area contributed by atoms with Crippen LogP contribution in [0.1, 0.15) is 18.9 Å². The normalized spacial score (nSPS) is 18.0. The molecule has 1 aliphatic rings. The van der Waals surface area contributed by atoms with Crippen LogP contribution in [0.3, 0.4) is 0 Å². The van der Waals surface area contributed by atoms with Gasteiger partial charge in [0.25, 0.3) is 0 Å².